The molecule has 0 atom stereocenters. The van der Waals surface area contributed by atoms with Crippen molar-refractivity contribution in [2.75, 3.05) is 30.4 Å². The number of rotatable bonds is 8. The van der Waals surface area contributed by atoms with E-state index in [9.17, 15) is 13.2 Å². The molecule has 35 heavy (non-hydrogen) atoms. The van der Waals surface area contributed by atoms with Crippen molar-refractivity contribution in [1.82, 2.24) is 0 Å². The highest BCUT2D eigenvalue weighted by atomic mass is 32.2. The van der Waals surface area contributed by atoms with Crippen molar-refractivity contribution in [3.8, 4) is 11.5 Å². The van der Waals surface area contributed by atoms with Crippen molar-refractivity contribution in [1.29, 1.82) is 0 Å². The normalized spacial score (nSPS) is 11.3. The molecule has 0 aliphatic heterocycles. The number of carbonyl (C=O) groups is 1. The van der Waals surface area contributed by atoms with Crippen LogP contribution in [0.25, 0.3) is 10.1 Å². The predicted molar refractivity (Wildman–Crippen MR) is 141 cm³/mol. The maximum atomic E-state index is 13.2. The number of amides is 1. The van der Waals surface area contributed by atoms with Gasteiger partial charge in [0.25, 0.3) is 15.9 Å². The fourth-order valence-electron chi connectivity index (χ4n) is 3.68. The number of nitrogens with zero attached hydrogens (tertiary/aromatic N) is 1. The third-order valence-corrected chi connectivity index (χ3v) is 8.44. The molecule has 1 N–H and O–H groups in total. The van der Waals surface area contributed by atoms with E-state index in [-0.39, 0.29) is 10.8 Å². The molecule has 0 spiro atoms. The Hall–Kier alpha value is -3.56. The number of hydrogen-bond acceptors (Lipinski definition) is 6. The summed E-state index contributed by atoms with van der Waals surface area (Å²) in [7, 11) is -0.719. The molecule has 0 saturated heterocycles. The van der Waals surface area contributed by atoms with E-state index in [0.717, 1.165) is 15.6 Å². The van der Waals surface area contributed by atoms with Crippen LogP contribution in [0.15, 0.2) is 71.6 Å². The molecular weight excluding hydrogens is 484 g/mol. The first-order valence-electron chi connectivity index (χ1n) is 10.9. The second-order valence-electron chi connectivity index (χ2n) is 7.82. The van der Waals surface area contributed by atoms with Crippen LogP contribution in [-0.2, 0) is 10.0 Å². The molecule has 0 bridgehead atoms. The average molecular weight is 511 g/mol. The Labute approximate surface area is 209 Å². The number of aryl methyl sites for hydroxylation is 1. The lowest BCUT2D eigenvalue weighted by molar-refractivity contribution is 0.103. The maximum Gasteiger partial charge on any atom is 0.265 e. The molecule has 3 aromatic carbocycles. The van der Waals surface area contributed by atoms with E-state index in [0.29, 0.717) is 34.4 Å². The van der Waals surface area contributed by atoms with Crippen molar-refractivity contribution in [2.24, 2.45) is 0 Å². The number of sulfonamides is 1. The minimum atomic E-state index is -3.78. The number of fused-ring (bicyclic) bond motifs is 1. The van der Waals surface area contributed by atoms with Gasteiger partial charge in [-0.15, -0.1) is 11.3 Å². The highest BCUT2D eigenvalue weighted by Gasteiger charge is 2.23. The number of ether oxygens (including phenoxy) is 2. The standard InChI is InChI=1S/C26H26N2O5S2/c1-5-33-23-9-7-6-8-21(23)27-26(29)25-16-18-15-19(10-13-24(18)34-25)28(3)35(30,31)20-11-12-22(32-4)17(2)14-20/h6-16H,5H2,1-4H3,(H,27,29). The summed E-state index contributed by atoms with van der Waals surface area (Å²) >= 11 is 1.34. The number of thiophene rings is 1. The highest BCUT2D eigenvalue weighted by Crippen LogP contribution is 2.33. The largest absolute Gasteiger partial charge is 0.496 e. The number of benzene rings is 3. The van der Waals surface area contributed by atoms with Crippen LogP contribution < -0.4 is 19.1 Å². The van der Waals surface area contributed by atoms with E-state index in [2.05, 4.69) is 5.32 Å². The monoisotopic (exact) mass is 510 g/mol. The number of hydrogen-bond donors (Lipinski definition) is 1. The Kier molecular flexibility index (Phi) is 7.00. The second kappa shape index (κ2) is 9.97. The Balaban J connectivity index is 1.60. The Morgan fingerprint density at radius 3 is 2.51 bits per heavy atom. The van der Waals surface area contributed by atoms with Gasteiger partial charge in [0, 0.05) is 11.7 Å². The quantitative estimate of drug-likeness (QED) is 0.329. The van der Waals surface area contributed by atoms with Gasteiger partial charge in [-0.3, -0.25) is 9.10 Å². The SMILES string of the molecule is CCOc1ccccc1NC(=O)c1cc2cc(N(C)S(=O)(=O)c3ccc(OC)c(C)c3)ccc2s1. The Morgan fingerprint density at radius 1 is 1.03 bits per heavy atom. The van der Waals surface area contributed by atoms with Crippen LogP contribution in [-0.4, -0.2) is 35.1 Å². The van der Waals surface area contributed by atoms with Gasteiger partial charge in [-0.25, -0.2) is 8.42 Å². The fourth-order valence-corrected chi connectivity index (χ4v) is 5.89. The molecule has 1 heterocycles. The summed E-state index contributed by atoms with van der Waals surface area (Å²) < 4.78 is 39.4. The average Bonchev–Trinajstić information content (AvgIpc) is 3.28. The fraction of sp³-hybridized carbons (Fsp3) is 0.192. The lowest BCUT2D eigenvalue weighted by Crippen LogP contribution is -2.26. The first kappa shape index (κ1) is 24.6. The molecule has 9 heteroatoms. The number of nitrogens with one attached hydrogen (secondary N) is 1. The molecule has 1 amide bonds. The van der Waals surface area contributed by atoms with E-state index in [1.165, 1.54) is 28.8 Å². The topological polar surface area (TPSA) is 84.9 Å². The van der Waals surface area contributed by atoms with Crippen molar-refractivity contribution in [3.05, 3.63) is 77.2 Å². The zero-order chi connectivity index (χ0) is 25.2. The molecule has 1 aromatic heterocycles. The molecule has 4 rings (SSSR count). The minimum absolute atomic E-state index is 0.178. The van der Waals surface area contributed by atoms with E-state index in [1.807, 2.05) is 25.1 Å². The summed E-state index contributed by atoms with van der Waals surface area (Å²) in [4.78, 5) is 13.6. The smallest absolute Gasteiger partial charge is 0.265 e. The lowest BCUT2D eigenvalue weighted by Gasteiger charge is -2.20. The molecule has 182 valence electrons. The third-order valence-electron chi connectivity index (χ3n) is 5.55. The third kappa shape index (κ3) is 4.96. The van der Waals surface area contributed by atoms with Gasteiger partial charge in [0.1, 0.15) is 11.5 Å². The van der Waals surface area contributed by atoms with Crippen LogP contribution in [0.2, 0.25) is 0 Å². The number of para-hydroxylation sites is 2. The summed E-state index contributed by atoms with van der Waals surface area (Å²) in [6, 6.07) is 19.1. The summed E-state index contributed by atoms with van der Waals surface area (Å²) in [6.07, 6.45) is 0. The van der Waals surface area contributed by atoms with Crippen LogP contribution in [0.1, 0.15) is 22.2 Å². The zero-order valence-corrected chi connectivity index (χ0v) is 21.5. The zero-order valence-electron chi connectivity index (χ0n) is 19.9. The minimum Gasteiger partial charge on any atom is -0.496 e. The van der Waals surface area contributed by atoms with Crippen molar-refractivity contribution in [2.45, 2.75) is 18.7 Å². The first-order valence-corrected chi connectivity index (χ1v) is 13.2. The Morgan fingerprint density at radius 2 is 1.80 bits per heavy atom. The van der Waals surface area contributed by atoms with E-state index >= 15 is 0 Å². The van der Waals surface area contributed by atoms with Gasteiger partial charge in [-0.1, -0.05) is 12.1 Å². The van der Waals surface area contributed by atoms with Crippen molar-refractivity contribution >= 4 is 48.7 Å². The molecule has 0 aliphatic rings. The van der Waals surface area contributed by atoms with Crippen LogP contribution in [0, 0.1) is 6.92 Å². The summed E-state index contributed by atoms with van der Waals surface area (Å²) in [5.74, 6) is 0.975. The van der Waals surface area contributed by atoms with Gasteiger partial charge in [0.05, 0.1) is 34.9 Å². The highest BCUT2D eigenvalue weighted by molar-refractivity contribution is 7.92. The number of methoxy groups -OCH3 is 1. The Bertz CT molecular complexity index is 1490. The molecule has 7 nitrogen and oxygen atoms in total. The number of carbonyl (C=O) groups excluding carboxylic acids is 1. The van der Waals surface area contributed by atoms with Crippen molar-refractivity contribution in [3.63, 3.8) is 0 Å². The number of anilines is 2. The van der Waals surface area contributed by atoms with Crippen LogP contribution >= 0.6 is 11.3 Å². The molecular formula is C26H26N2O5S2. The molecule has 4 aromatic rings. The summed E-state index contributed by atoms with van der Waals surface area (Å²) in [6.45, 7) is 4.18. The van der Waals surface area contributed by atoms with E-state index < -0.39 is 10.0 Å². The van der Waals surface area contributed by atoms with Gasteiger partial charge in [-0.2, -0.15) is 0 Å². The first-order chi connectivity index (χ1) is 16.7. The van der Waals surface area contributed by atoms with Gasteiger partial charge in [0.2, 0.25) is 0 Å². The van der Waals surface area contributed by atoms with Crippen LogP contribution in [0.5, 0.6) is 11.5 Å². The molecule has 0 unspecified atom stereocenters. The van der Waals surface area contributed by atoms with Gasteiger partial charge < -0.3 is 14.8 Å². The van der Waals surface area contributed by atoms with Gasteiger partial charge in [0.15, 0.2) is 0 Å². The summed E-state index contributed by atoms with van der Waals surface area (Å²) in [5.41, 5.74) is 1.83. The van der Waals surface area contributed by atoms with Crippen LogP contribution in [0.3, 0.4) is 0 Å². The lowest BCUT2D eigenvalue weighted by atomic mass is 10.2. The van der Waals surface area contributed by atoms with E-state index in [1.54, 1.807) is 56.5 Å². The molecule has 0 saturated carbocycles. The second-order valence-corrected chi connectivity index (χ2v) is 10.9. The van der Waals surface area contributed by atoms with Gasteiger partial charge >= 0.3 is 0 Å². The predicted octanol–water partition coefficient (Wildman–Crippen LogP) is 5.69. The molecule has 0 aliphatic carbocycles. The van der Waals surface area contributed by atoms with Crippen LogP contribution in [0.4, 0.5) is 11.4 Å². The van der Waals surface area contributed by atoms with Crippen molar-refractivity contribution < 1.29 is 22.7 Å². The van der Waals surface area contributed by atoms with E-state index in [4.69, 9.17) is 9.47 Å². The van der Waals surface area contributed by atoms with Gasteiger partial charge in [-0.05, 0) is 79.4 Å². The molecule has 0 fully saturated rings. The molecule has 0 radical (unpaired) electrons. The maximum absolute atomic E-state index is 13.2. The summed E-state index contributed by atoms with van der Waals surface area (Å²) in [5, 5.41) is 3.68.